The molecule has 80 valence electrons. The molecule has 0 fully saturated rings. The monoisotopic (exact) mass is 186 g/mol. The fourth-order valence-electron chi connectivity index (χ4n) is 1.28. The number of hydrogen-bond acceptors (Lipinski definition) is 2. The molecule has 0 rings (SSSR count). The minimum atomic E-state index is 1.17. The highest BCUT2D eigenvalue weighted by molar-refractivity contribution is 4.50. The molecule has 2 nitrogen and oxygen atoms in total. The molecular weight excluding hydrogens is 160 g/mol. The largest absolute Gasteiger partial charge is 0.317 e. The van der Waals surface area contributed by atoms with Gasteiger partial charge in [-0.3, -0.25) is 0 Å². The predicted molar refractivity (Wildman–Crippen MR) is 60.2 cm³/mol. The molecule has 0 aromatic heterocycles. The first-order chi connectivity index (χ1) is 6.41. The van der Waals surface area contributed by atoms with E-state index in [1.807, 2.05) is 0 Å². The van der Waals surface area contributed by atoms with Crippen LogP contribution in [0.4, 0.5) is 0 Å². The van der Waals surface area contributed by atoms with Crippen LogP contribution in [0.1, 0.15) is 46.0 Å². The first-order valence-electron chi connectivity index (χ1n) is 5.83. The molecule has 0 amide bonds. The van der Waals surface area contributed by atoms with Crippen molar-refractivity contribution in [3.05, 3.63) is 0 Å². The Morgan fingerprint density at radius 2 is 1.08 bits per heavy atom. The molecule has 0 aliphatic heterocycles. The summed E-state index contributed by atoms with van der Waals surface area (Å²) in [5.41, 5.74) is 0. The van der Waals surface area contributed by atoms with E-state index in [0.29, 0.717) is 0 Å². The number of unbranched alkanes of at least 4 members (excludes halogenated alkanes) is 2. The van der Waals surface area contributed by atoms with Gasteiger partial charge in [0.05, 0.1) is 0 Å². The number of nitrogens with one attached hydrogen (secondary N) is 2. The van der Waals surface area contributed by atoms with Crippen molar-refractivity contribution in [2.75, 3.05) is 26.2 Å². The maximum Gasteiger partial charge on any atom is -0.00489 e. The van der Waals surface area contributed by atoms with Gasteiger partial charge in [-0.05, 0) is 51.9 Å². The first kappa shape index (κ1) is 12.9. The standard InChI is InChI=1S/C11H26N2/c1-3-8-12-10-6-5-7-11-13-9-4-2/h12-13H,3-11H2,1-2H3. The summed E-state index contributed by atoms with van der Waals surface area (Å²) in [5.74, 6) is 0. The van der Waals surface area contributed by atoms with Crippen LogP contribution in [0.5, 0.6) is 0 Å². The van der Waals surface area contributed by atoms with Crippen molar-refractivity contribution in [3.8, 4) is 0 Å². The Labute approximate surface area is 83.5 Å². The zero-order chi connectivity index (χ0) is 9.78. The second kappa shape index (κ2) is 11.9. The number of rotatable bonds is 10. The Kier molecular flexibility index (Phi) is 11.8. The molecule has 0 aromatic carbocycles. The molecule has 0 spiro atoms. The predicted octanol–water partition coefficient (Wildman–Crippen LogP) is 2.16. The van der Waals surface area contributed by atoms with Gasteiger partial charge in [0.1, 0.15) is 0 Å². The molecule has 0 radical (unpaired) electrons. The Balaban J connectivity index is 2.76. The lowest BCUT2D eigenvalue weighted by Gasteiger charge is -2.03. The van der Waals surface area contributed by atoms with Crippen LogP contribution in [0.3, 0.4) is 0 Å². The van der Waals surface area contributed by atoms with Crippen LogP contribution < -0.4 is 10.6 Å². The fourth-order valence-corrected chi connectivity index (χ4v) is 1.28. The van der Waals surface area contributed by atoms with E-state index in [2.05, 4.69) is 24.5 Å². The molecule has 0 atom stereocenters. The van der Waals surface area contributed by atoms with Crippen LogP contribution in [0.25, 0.3) is 0 Å². The lowest BCUT2D eigenvalue weighted by Crippen LogP contribution is -2.18. The molecule has 2 N–H and O–H groups in total. The zero-order valence-corrected chi connectivity index (χ0v) is 9.36. The van der Waals surface area contributed by atoms with E-state index in [4.69, 9.17) is 0 Å². The number of hydrogen-bond donors (Lipinski definition) is 2. The van der Waals surface area contributed by atoms with Crippen molar-refractivity contribution in [1.82, 2.24) is 10.6 Å². The third kappa shape index (κ3) is 11.9. The molecule has 0 heterocycles. The maximum absolute atomic E-state index is 3.42. The Morgan fingerprint density at radius 1 is 0.615 bits per heavy atom. The van der Waals surface area contributed by atoms with Crippen molar-refractivity contribution in [2.24, 2.45) is 0 Å². The smallest absolute Gasteiger partial charge is 0.00489 e. The van der Waals surface area contributed by atoms with Crippen molar-refractivity contribution < 1.29 is 0 Å². The van der Waals surface area contributed by atoms with Crippen LogP contribution in [0.2, 0.25) is 0 Å². The van der Waals surface area contributed by atoms with E-state index in [1.54, 1.807) is 0 Å². The third-order valence-electron chi connectivity index (χ3n) is 2.06. The molecule has 13 heavy (non-hydrogen) atoms. The molecular formula is C11H26N2. The van der Waals surface area contributed by atoms with Gasteiger partial charge in [-0.15, -0.1) is 0 Å². The molecule has 0 aliphatic carbocycles. The molecule has 0 bridgehead atoms. The van der Waals surface area contributed by atoms with Crippen LogP contribution >= 0.6 is 0 Å². The van der Waals surface area contributed by atoms with E-state index in [1.165, 1.54) is 58.3 Å². The highest BCUT2D eigenvalue weighted by Gasteiger charge is 1.89. The van der Waals surface area contributed by atoms with Gasteiger partial charge < -0.3 is 10.6 Å². The molecule has 0 saturated heterocycles. The molecule has 0 saturated carbocycles. The van der Waals surface area contributed by atoms with Gasteiger partial charge in [-0.2, -0.15) is 0 Å². The second-order valence-corrected chi connectivity index (χ2v) is 3.56. The Hall–Kier alpha value is -0.0800. The zero-order valence-electron chi connectivity index (χ0n) is 9.36. The summed E-state index contributed by atoms with van der Waals surface area (Å²) in [7, 11) is 0. The SMILES string of the molecule is CCCNCCCCCNCCC. The topological polar surface area (TPSA) is 24.1 Å². The maximum atomic E-state index is 3.42. The fraction of sp³-hybridized carbons (Fsp3) is 1.00. The van der Waals surface area contributed by atoms with Crippen LogP contribution in [-0.4, -0.2) is 26.2 Å². The minimum Gasteiger partial charge on any atom is -0.317 e. The van der Waals surface area contributed by atoms with Gasteiger partial charge >= 0.3 is 0 Å². The molecule has 0 aliphatic rings. The van der Waals surface area contributed by atoms with Gasteiger partial charge in [0.2, 0.25) is 0 Å². The average Bonchev–Trinajstić information content (AvgIpc) is 2.16. The second-order valence-electron chi connectivity index (χ2n) is 3.56. The van der Waals surface area contributed by atoms with Crippen molar-refractivity contribution in [3.63, 3.8) is 0 Å². The van der Waals surface area contributed by atoms with E-state index >= 15 is 0 Å². The highest BCUT2D eigenvalue weighted by Crippen LogP contribution is 1.92. The summed E-state index contributed by atoms with van der Waals surface area (Å²) in [4.78, 5) is 0. The third-order valence-corrected chi connectivity index (χ3v) is 2.06. The van der Waals surface area contributed by atoms with E-state index < -0.39 is 0 Å². The quantitative estimate of drug-likeness (QED) is 0.511. The van der Waals surface area contributed by atoms with Crippen molar-refractivity contribution in [1.29, 1.82) is 0 Å². The normalized spacial score (nSPS) is 10.6. The summed E-state index contributed by atoms with van der Waals surface area (Å²) < 4.78 is 0. The van der Waals surface area contributed by atoms with E-state index in [9.17, 15) is 0 Å². The van der Waals surface area contributed by atoms with Gasteiger partial charge in [-0.25, -0.2) is 0 Å². The van der Waals surface area contributed by atoms with Crippen LogP contribution in [0, 0.1) is 0 Å². The van der Waals surface area contributed by atoms with Gasteiger partial charge in [0.25, 0.3) is 0 Å². The Bertz CT molecular complexity index is 74.2. The average molecular weight is 186 g/mol. The summed E-state index contributed by atoms with van der Waals surface area (Å²) in [6.07, 6.45) is 6.51. The van der Waals surface area contributed by atoms with Gasteiger partial charge in [0.15, 0.2) is 0 Å². The van der Waals surface area contributed by atoms with Crippen molar-refractivity contribution >= 4 is 0 Å². The first-order valence-corrected chi connectivity index (χ1v) is 5.83. The van der Waals surface area contributed by atoms with E-state index in [0.717, 1.165) is 0 Å². The Morgan fingerprint density at radius 3 is 1.46 bits per heavy atom. The minimum absolute atomic E-state index is 1.17. The lowest BCUT2D eigenvalue weighted by atomic mass is 10.2. The summed E-state index contributed by atoms with van der Waals surface area (Å²) in [6, 6.07) is 0. The van der Waals surface area contributed by atoms with Gasteiger partial charge in [0, 0.05) is 0 Å². The van der Waals surface area contributed by atoms with Crippen molar-refractivity contribution in [2.45, 2.75) is 46.0 Å². The summed E-state index contributed by atoms with van der Waals surface area (Å²) >= 11 is 0. The van der Waals surface area contributed by atoms with Gasteiger partial charge in [-0.1, -0.05) is 20.3 Å². The molecule has 2 heteroatoms. The van der Waals surface area contributed by atoms with Crippen LogP contribution in [-0.2, 0) is 0 Å². The van der Waals surface area contributed by atoms with Crippen LogP contribution in [0.15, 0.2) is 0 Å². The summed E-state index contributed by atoms with van der Waals surface area (Å²) in [6.45, 7) is 9.16. The van der Waals surface area contributed by atoms with E-state index in [-0.39, 0.29) is 0 Å². The summed E-state index contributed by atoms with van der Waals surface area (Å²) in [5, 5.41) is 6.83. The lowest BCUT2D eigenvalue weighted by molar-refractivity contribution is 0.569. The highest BCUT2D eigenvalue weighted by atomic mass is 14.8. The molecule has 0 aromatic rings. The molecule has 0 unspecified atom stereocenters.